The van der Waals surface area contributed by atoms with Crippen LogP contribution in [0.4, 0.5) is 10.5 Å². The van der Waals surface area contributed by atoms with Gasteiger partial charge in [-0.05, 0) is 54.8 Å². The van der Waals surface area contributed by atoms with E-state index in [1.807, 2.05) is 26.0 Å². The molecule has 1 unspecified atom stereocenters. The van der Waals surface area contributed by atoms with Crippen LogP contribution in [0.1, 0.15) is 70.1 Å². The van der Waals surface area contributed by atoms with Gasteiger partial charge < -0.3 is 15.7 Å². The van der Waals surface area contributed by atoms with Gasteiger partial charge in [0, 0.05) is 11.1 Å². The molecule has 2 amide bonds. The number of carbonyl (C=O) groups excluding carboxylic acids is 1. The molecule has 4 N–H and O–H groups in total. The summed E-state index contributed by atoms with van der Waals surface area (Å²) in [5, 5.41) is 25.6. The maximum atomic E-state index is 12.6. The Hall–Kier alpha value is -1.82. The van der Waals surface area contributed by atoms with E-state index in [9.17, 15) is 15.2 Å². The van der Waals surface area contributed by atoms with Gasteiger partial charge in [0.15, 0.2) is 0 Å². The van der Waals surface area contributed by atoms with Crippen LogP contribution in [0.15, 0.2) is 23.2 Å². The summed E-state index contributed by atoms with van der Waals surface area (Å²) in [6, 6.07) is 5.62. The third kappa shape index (κ3) is 5.37. The molecule has 152 valence electrons. The second-order valence-electron chi connectivity index (χ2n) is 7.77. The SMILES string of the molecule is CC(C)c1ccc(C#N)c(C(C)C)c1NC(=O)NSC1NC=C(C(C)(C)O)S1. The molecular formula is C20H28N4O2S2. The minimum Gasteiger partial charge on any atom is -0.385 e. The highest BCUT2D eigenvalue weighted by molar-refractivity contribution is 8.18. The molecule has 1 atom stereocenters. The summed E-state index contributed by atoms with van der Waals surface area (Å²) >= 11 is 2.70. The first-order chi connectivity index (χ1) is 13.0. The molecule has 2 rings (SSSR count). The van der Waals surface area contributed by atoms with Crippen molar-refractivity contribution in [2.45, 2.75) is 63.7 Å². The Labute approximate surface area is 175 Å². The molecule has 0 spiro atoms. The minimum absolute atomic E-state index is 0.0990. The lowest BCUT2D eigenvalue weighted by Crippen LogP contribution is -2.28. The van der Waals surface area contributed by atoms with Crippen molar-refractivity contribution < 1.29 is 9.90 Å². The van der Waals surface area contributed by atoms with E-state index in [0.29, 0.717) is 11.3 Å². The van der Waals surface area contributed by atoms with E-state index in [1.54, 1.807) is 20.0 Å². The lowest BCUT2D eigenvalue weighted by atomic mass is 9.89. The van der Waals surface area contributed by atoms with Crippen LogP contribution < -0.4 is 15.4 Å². The summed E-state index contributed by atoms with van der Waals surface area (Å²) < 4.78 is 2.68. The number of nitrogens with one attached hydrogen (secondary N) is 3. The molecule has 0 saturated heterocycles. The fourth-order valence-corrected chi connectivity index (χ4v) is 4.75. The standard InChI is InChI=1S/C20H28N4O2S2/c1-11(2)14-8-7-13(9-21)16(12(3)4)17(14)23-18(25)24-28-19-22-10-15(27-19)20(5,6)26/h7-8,10-12,19,22,26H,1-6H3,(H2,23,24,25). The van der Waals surface area contributed by atoms with Crippen molar-refractivity contribution in [3.63, 3.8) is 0 Å². The van der Waals surface area contributed by atoms with Gasteiger partial charge in [-0.3, -0.25) is 4.72 Å². The quantitative estimate of drug-likeness (QED) is 0.493. The number of anilines is 1. The van der Waals surface area contributed by atoms with Crippen molar-refractivity contribution in [1.82, 2.24) is 10.0 Å². The summed E-state index contributed by atoms with van der Waals surface area (Å²) in [5.41, 5.74) is 2.24. The Balaban J connectivity index is 2.11. The maximum absolute atomic E-state index is 12.6. The Morgan fingerprint density at radius 3 is 2.50 bits per heavy atom. The molecule has 28 heavy (non-hydrogen) atoms. The van der Waals surface area contributed by atoms with Gasteiger partial charge in [0.1, 0.15) is 4.71 Å². The predicted molar refractivity (Wildman–Crippen MR) is 118 cm³/mol. The molecule has 1 aromatic carbocycles. The zero-order valence-electron chi connectivity index (χ0n) is 17.1. The summed E-state index contributed by atoms with van der Waals surface area (Å²) in [7, 11) is 0. The average Bonchev–Trinajstić information content (AvgIpc) is 3.08. The van der Waals surface area contributed by atoms with Crippen LogP contribution in [0.25, 0.3) is 0 Å². The molecule has 1 aromatic rings. The first-order valence-corrected chi connectivity index (χ1v) is 11.0. The normalized spacial score (nSPS) is 16.6. The van der Waals surface area contributed by atoms with Gasteiger partial charge in [-0.1, -0.05) is 45.5 Å². The molecule has 0 aliphatic carbocycles. The number of nitriles is 1. The molecule has 1 aliphatic rings. The Bertz CT molecular complexity index is 808. The van der Waals surface area contributed by atoms with E-state index < -0.39 is 5.60 Å². The highest BCUT2D eigenvalue weighted by Crippen LogP contribution is 2.38. The molecule has 0 fully saturated rings. The van der Waals surface area contributed by atoms with Crippen LogP contribution in [0, 0.1) is 11.3 Å². The van der Waals surface area contributed by atoms with E-state index in [2.05, 4.69) is 35.3 Å². The molecule has 0 radical (unpaired) electrons. The van der Waals surface area contributed by atoms with Crippen molar-refractivity contribution in [1.29, 1.82) is 5.26 Å². The topological polar surface area (TPSA) is 97.2 Å². The Morgan fingerprint density at radius 2 is 2.00 bits per heavy atom. The fraction of sp³-hybridized carbons (Fsp3) is 0.500. The van der Waals surface area contributed by atoms with E-state index in [1.165, 1.54) is 23.7 Å². The number of hydrogen-bond acceptors (Lipinski definition) is 6. The molecule has 6 nitrogen and oxygen atoms in total. The highest BCUT2D eigenvalue weighted by atomic mass is 32.2. The van der Waals surface area contributed by atoms with Crippen LogP contribution in [0.5, 0.6) is 0 Å². The number of benzene rings is 1. The first-order valence-electron chi connectivity index (χ1n) is 9.19. The lowest BCUT2D eigenvalue weighted by molar-refractivity contribution is 0.129. The zero-order chi connectivity index (χ0) is 21.1. The minimum atomic E-state index is -0.911. The van der Waals surface area contributed by atoms with Crippen LogP contribution in [-0.2, 0) is 0 Å². The van der Waals surface area contributed by atoms with Crippen LogP contribution in [0.3, 0.4) is 0 Å². The second kappa shape index (κ2) is 9.12. The number of urea groups is 1. The molecule has 0 saturated carbocycles. The smallest absolute Gasteiger partial charge is 0.329 e. The van der Waals surface area contributed by atoms with Crippen LogP contribution >= 0.6 is 23.7 Å². The monoisotopic (exact) mass is 420 g/mol. The third-order valence-electron chi connectivity index (χ3n) is 4.28. The molecule has 0 aromatic heterocycles. The van der Waals surface area contributed by atoms with E-state index >= 15 is 0 Å². The highest BCUT2D eigenvalue weighted by Gasteiger charge is 2.29. The Morgan fingerprint density at radius 1 is 1.32 bits per heavy atom. The third-order valence-corrected chi connectivity index (χ3v) is 6.73. The lowest BCUT2D eigenvalue weighted by Gasteiger charge is -2.22. The number of rotatable bonds is 6. The van der Waals surface area contributed by atoms with Gasteiger partial charge in [0.2, 0.25) is 0 Å². The van der Waals surface area contributed by atoms with E-state index in [-0.39, 0.29) is 22.6 Å². The van der Waals surface area contributed by atoms with Crippen molar-refractivity contribution in [3.05, 3.63) is 39.9 Å². The predicted octanol–water partition coefficient (Wildman–Crippen LogP) is 4.81. The Kier molecular flexibility index (Phi) is 7.32. The number of thioether (sulfide) groups is 1. The first kappa shape index (κ1) is 22.5. The van der Waals surface area contributed by atoms with Gasteiger partial charge in [0.25, 0.3) is 0 Å². The number of aliphatic hydroxyl groups is 1. The molecule has 8 heteroatoms. The number of amides is 2. The summed E-state index contributed by atoms with van der Waals surface area (Å²) in [6.45, 7) is 11.6. The zero-order valence-corrected chi connectivity index (χ0v) is 18.7. The van der Waals surface area contributed by atoms with Crippen molar-refractivity contribution in [2.24, 2.45) is 0 Å². The summed E-state index contributed by atoms with van der Waals surface area (Å²) in [6.07, 6.45) is 1.77. The fourth-order valence-electron chi connectivity index (χ4n) is 2.91. The van der Waals surface area contributed by atoms with Crippen molar-refractivity contribution in [2.75, 3.05) is 5.32 Å². The molecule has 1 heterocycles. The van der Waals surface area contributed by atoms with Gasteiger partial charge in [-0.2, -0.15) is 5.26 Å². The van der Waals surface area contributed by atoms with Crippen molar-refractivity contribution >= 4 is 35.4 Å². The van der Waals surface area contributed by atoms with Gasteiger partial charge >= 0.3 is 6.03 Å². The molecule has 0 bridgehead atoms. The second-order valence-corrected chi connectivity index (χ2v) is 10.1. The van der Waals surface area contributed by atoms with E-state index in [0.717, 1.165) is 16.0 Å². The molecule has 1 aliphatic heterocycles. The largest absolute Gasteiger partial charge is 0.385 e. The van der Waals surface area contributed by atoms with Crippen LogP contribution in [-0.4, -0.2) is 21.4 Å². The maximum Gasteiger partial charge on any atom is 0.329 e. The van der Waals surface area contributed by atoms with Gasteiger partial charge in [-0.25, -0.2) is 4.79 Å². The van der Waals surface area contributed by atoms with Gasteiger partial charge in [0.05, 0.1) is 22.9 Å². The number of hydrogen-bond donors (Lipinski definition) is 4. The number of carbonyl (C=O) groups is 1. The summed E-state index contributed by atoms with van der Waals surface area (Å²) in [5.74, 6) is 0.306. The van der Waals surface area contributed by atoms with Gasteiger partial charge in [-0.15, -0.1) is 0 Å². The summed E-state index contributed by atoms with van der Waals surface area (Å²) in [4.78, 5) is 13.4. The average molecular weight is 421 g/mol. The number of nitrogens with zero attached hydrogens (tertiary/aromatic N) is 1. The molecular weight excluding hydrogens is 392 g/mol. The van der Waals surface area contributed by atoms with E-state index in [4.69, 9.17) is 0 Å². The van der Waals surface area contributed by atoms with Crippen molar-refractivity contribution in [3.8, 4) is 6.07 Å². The van der Waals surface area contributed by atoms with Crippen LogP contribution in [0.2, 0.25) is 0 Å².